The molecule has 5 N–H and O–H groups in total. The molecule has 1 fully saturated rings. The van der Waals surface area contributed by atoms with Crippen LogP contribution in [0.2, 0.25) is 0 Å². The summed E-state index contributed by atoms with van der Waals surface area (Å²) in [7, 11) is 0. The van der Waals surface area contributed by atoms with E-state index in [1.165, 1.54) is 24.3 Å². The SMILES string of the molecule is CC([O-])=N[C@H]1[C@H]([C@H](O)[C@H](O)CO)O[C@@](Oc2ccc(C=O)cc2)(C(=O)O)C[C@@H]1O.[Na+]. The Bertz CT molecular complexity index is 754. The number of hydrogen-bond acceptors (Lipinski definition) is 10. The number of carboxylic acid groups (broad SMARTS) is 1. The van der Waals surface area contributed by atoms with Crippen molar-refractivity contribution in [2.75, 3.05) is 6.61 Å². The van der Waals surface area contributed by atoms with E-state index in [4.69, 9.17) is 14.6 Å². The third-order valence-corrected chi connectivity index (χ3v) is 4.41. The summed E-state index contributed by atoms with van der Waals surface area (Å²) >= 11 is 0. The van der Waals surface area contributed by atoms with Crippen LogP contribution in [0.4, 0.5) is 0 Å². The van der Waals surface area contributed by atoms with Crippen LogP contribution in [-0.2, 0) is 9.53 Å². The Hall–Kier alpha value is -1.57. The van der Waals surface area contributed by atoms with Gasteiger partial charge in [0, 0.05) is 5.56 Å². The van der Waals surface area contributed by atoms with Crippen molar-refractivity contribution in [3.8, 4) is 5.75 Å². The topological polar surface area (TPSA) is 189 Å². The molecule has 6 atom stereocenters. The van der Waals surface area contributed by atoms with E-state index in [0.29, 0.717) is 11.8 Å². The number of benzene rings is 1. The first-order chi connectivity index (χ1) is 13.6. The van der Waals surface area contributed by atoms with Gasteiger partial charge in [-0.1, -0.05) is 0 Å². The molecule has 30 heavy (non-hydrogen) atoms. The van der Waals surface area contributed by atoms with Crippen LogP contribution in [0.25, 0.3) is 0 Å². The molecule has 0 aromatic heterocycles. The zero-order valence-electron chi connectivity index (χ0n) is 16.4. The third-order valence-electron chi connectivity index (χ3n) is 4.41. The largest absolute Gasteiger partial charge is 1.00 e. The summed E-state index contributed by atoms with van der Waals surface area (Å²) in [6, 6.07) is 3.95. The number of hydrogen-bond donors (Lipinski definition) is 5. The molecule has 1 aromatic carbocycles. The molecule has 0 saturated carbocycles. The number of aliphatic hydroxyl groups excluding tert-OH is 4. The number of ether oxygens (including phenoxy) is 2. The zero-order valence-corrected chi connectivity index (χ0v) is 18.4. The smallest absolute Gasteiger partial charge is 0.862 e. The van der Waals surface area contributed by atoms with E-state index in [9.17, 15) is 35.1 Å². The van der Waals surface area contributed by atoms with Crippen molar-refractivity contribution in [3.63, 3.8) is 0 Å². The van der Waals surface area contributed by atoms with Gasteiger partial charge in [-0.25, -0.2) is 4.79 Å². The molecule has 0 unspecified atom stereocenters. The van der Waals surface area contributed by atoms with E-state index in [0.717, 1.165) is 6.92 Å². The van der Waals surface area contributed by atoms with E-state index in [2.05, 4.69) is 4.99 Å². The van der Waals surface area contributed by atoms with Gasteiger partial charge in [-0.2, -0.15) is 0 Å². The van der Waals surface area contributed by atoms with Crippen molar-refractivity contribution in [2.45, 2.75) is 49.6 Å². The second-order valence-electron chi connectivity index (χ2n) is 6.58. The Kier molecular flexibility index (Phi) is 9.85. The summed E-state index contributed by atoms with van der Waals surface area (Å²) < 4.78 is 10.9. The minimum absolute atomic E-state index is 0. The monoisotopic (exact) mass is 435 g/mol. The van der Waals surface area contributed by atoms with Crippen molar-refractivity contribution in [1.29, 1.82) is 0 Å². The quantitative estimate of drug-likeness (QED) is 0.114. The van der Waals surface area contributed by atoms with Crippen LogP contribution < -0.4 is 39.4 Å². The first-order valence-corrected chi connectivity index (χ1v) is 8.65. The van der Waals surface area contributed by atoms with E-state index in [1.807, 2.05) is 0 Å². The third kappa shape index (κ3) is 5.99. The Morgan fingerprint density at radius 2 is 2.00 bits per heavy atom. The van der Waals surface area contributed by atoms with Crippen LogP contribution in [-0.4, -0.2) is 86.5 Å². The molecule has 1 aromatic rings. The van der Waals surface area contributed by atoms with E-state index >= 15 is 0 Å². The van der Waals surface area contributed by atoms with Gasteiger partial charge in [-0.15, -0.1) is 0 Å². The second kappa shape index (κ2) is 11.2. The maximum absolute atomic E-state index is 12.0. The molecule has 2 rings (SSSR count). The summed E-state index contributed by atoms with van der Waals surface area (Å²) in [5.74, 6) is -4.87. The van der Waals surface area contributed by atoms with Crippen LogP contribution >= 0.6 is 0 Å². The maximum Gasteiger partial charge on any atom is 1.00 e. The Morgan fingerprint density at radius 3 is 2.47 bits per heavy atom. The second-order valence-corrected chi connectivity index (χ2v) is 6.58. The summed E-state index contributed by atoms with van der Waals surface area (Å²) in [6.45, 7) is 0.195. The van der Waals surface area contributed by atoms with Gasteiger partial charge in [0.2, 0.25) is 0 Å². The Balaban J connectivity index is 0.00000450. The number of nitrogens with zero attached hydrogens (tertiary/aromatic N) is 1. The van der Waals surface area contributed by atoms with Crippen molar-refractivity contribution in [1.82, 2.24) is 0 Å². The molecule has 1 heterocycles. The average molecular weight is 435 g/mol. The van der Waals surface area contributed by atoms with Crippen molar-refractivity contribution in [2.24, 2.45) is 4.99 Å². The predicted octanol–water partition coefficient (Wildman–Crippen LogP) is -5.33. The molecular weight excluding hydrogens is 413 g/mol. The van der Waals surface area contributed by atoms with Crippen molar-refractivity contribution < 1.29 is 79.3 Å². The summed E-state index contributed by atoms with van der Waals surface area (Å²) in [5, 5.41) is 60.7. The van der Waals surface area contributed by atoms with Crippen molar-refractivity contribution in [3.05, 3.63) is 29.8 Å². The molecule has 160 valence electrons. The molecule has 11 nitrogen and oxygen atoms in total. The molecule has 0 aliphatic carbocycles. The minimum Gasteiger partial charge on any atom is -0.862 e. The number of aliphatic hydroxyl groups is 4. The van der Waals surface area contributed by atoms with Gasteiger partial charge in [-0.05, 0) is 37.1 Å². The standard InChI is InChI=1S/C18H23NO10.Na/c1-9(22)19-14-12(23)6-18(17(26)27,29-16(14)15(25)13(24)8-21)28-11-4-2-10(7-20)3-5-11;/h2-5,7,12-16,21,23-25H,6,8H2,1H3,(H,19,22)(H,26,27);/q;+1/p-1/t12-,13+,14+,15+,16+,18+;/m0./s1. The molecular formula is C18H22NNaO10. The molecule has 0 radical (unpaired) electrons. The number of aliphatic carboxylic acids is 1. The number of carbonyl (C=O) groups excluding carboxylic acids is 1. The molecule has 0 bridgehead atoms. The van der Waals surface area contributed by atoms with Gasteiger partial charge >= 0.3 is 41.3 Å². The molecule has 1 aliphatic rings. The molecule has 1 aliphatic heterocycles. The number of aliphatic imine (C=N–C) groups is 1. The summed E-state index contributed by atoms with van der Waals surface area (Å²) in [4.78, 5) is 26.4. The molecule has 0 spiro atoms. The van der Waals surface area contributed by atoms with Crippen LogP contribution in [0.5, 0.6) is 5.75 Å². The van der Waals surface area contributed by atoms with Gasteiger partial charge in [0.15, 0.2) is 0 Å². The number of carbonyl (C=O) groups is 2. The summed E-state index contributed by atoms with van der Waals surface area (Å²) in [5.41, 5.74) is 0.311. The fourth-order valence-corrected chi connectivity index (χ4v) is 2.97. The number of rotatable bonds is 8. The fraction of sp³-hybridized carbons (Fsp3) is 0.500. The van der Waals surface area contributed by atoms with E-state index in [1.54, 1.807) is 0 Å². The molecule has 12 heteroatoms. The van der Waals surface area contributed by atoms with Gasteiger partial charge < -0.3 is 40.1 Å². The van der Waals surface area contributed by atoms with E-state index in [-0.39, 0.29) is 35.3 Å². The first-order valence-electron chi connectivity index (χ1n) is 8.65. The number of aldehydes is 1. The van der Waals surface area contributed by atoms with Gasteiger partial charge in [-0.3, -0.25) is 9.79 Å². The average Bonchev–Trinajstić information content (AvgIpc) is 2.68. The van der Waals surface area contributed by atoms with Gasteiger partial charge in [0.25, 0.3) is 0 Å². The molecule has 0 amide bonds. The van der Waals surface area contributed by atoms with Crippen LogP contribution in [0.1, 0.15) is 23.7 Å². The first kappa shape index (κ1) is 26.5. The van der Waals surface area contributed by atoms with E-state index < -0.39 is 61.1 Å². The minimum atomic E-state index is -2.49. The maximum atomic E-state index is 12.0. The van der Waals surface area contributed by atoms with Crippen molar-refractivity contribution >= 4 is 18.2 Å². The normalized spacial score (nSPS) is 28.7. The van der Waals surface area contributed by atoms with Crippen LogP contribution in [0.3, 0.4) is 0 Å². The van der Waals surface area contributed by atoms with Gasteiger partial charge in [0.1, 0.15) is 36.4 Å². The fourth-order valence-electron chi connectivity index (χ4n) is 2.97. The zero-order chi connectivity index (χ0) is 21.8. The number of carboxylic acids is 1. The Morgan fingerprint density at radius 1 is 1.40 bits per heavy atom. The Labute approximate surface area is 193 Å². The molecule has 1 saturated heterocycles. The van der Waals surface area contributed by atoms with Crippen LogP contribution in [0, 0.1) is 0 Å². The predicted molar refractivity (Wildman–Crippen MR) is 94.3 cm³/mol. The van der Waals surface area contributed by atoms with Gasteiger partial charge in [0.05, 0.1) is 19.1 Å². The summed E-state index contributed by atoms with van der Waals surface area (Å²) in [6.07, 6.45) is -7.00. The van der Waals surface area contributed by atoms with Crippen LogP contribution in [0.15, 0.2) is 29.3 Å².